The van der Waals surface area contributed by atoms with Crippen LogP contribution in [0.1, 0.15) is 12.8 Å². The largest absolute Gasteiger partial charge is 0.502 e. The van der Waals surface area contributed by atoms with Crippen LogP contribution >= 0.6 is 12.2 Å². The van der Waals surface area contributed by atoms with Gasteiger partial charge in [0.2, 0.25) is 0 Å². The minimum absolute atomic E-state index is 0.163. The topological polar surface area (TPSA) is 20.2 Å². The van der Waals surface area contributed by atoms with E-state index in [2.05, 4.69) is 12.2 Å². The van der Waals surface area contributed by atoms with Gasteiger partial charge in [0.1, 0.15) is 0 Å². The summed E-state index contributed by atoms with van der Waals surface area (Å²) in [5.41, 5.74) is 0. The average molecular weight is 134 g/mol. The molecule has 1 nitrogen and oxygen atoms in total. The third-order valence-electron chi connectivity index (χ3n) is 0.744. The first-order valence-electron chi connectivity index (χ1n) is 2.49. The van der Waals surface area contributed by atoms with Crippen LogP contribution in [0.15, 0.2) is 0 Å². The number of hydrogen-bond donors (Lipinski definition) is 1. The molecular formula is C4H10OSSi. The molecule has 0 unspecified atom stereocenters. The van der Waals surface area contributed by atoms with Crippen LogP contribution < -0.4 is 0 Å². The lowest BCUT2D eigenvalue weighted by molar-refractivity contribution is 0.546. The molecule has 0 aliphatic rings. The molecule has 0 heterocycles. The quantitative estimate of drug-likeness (QED) is 0.446. The van der Waals surface area contributed by atoms with Crippen LogP contribution in [0.25, 0.3) is 0 Å². The van der Waals surface area contributed by atoms with Crippen molar-refractivity contribution < 1.29 is 5.11 Å². The third-order valence-corrected chi connectivity index (χ3v) is 1.66. The molecular weight excluding hydrogens is 124 g/mol. The standard InChI is InChI=1S/C4H10OSSi/c5-4(6)2-1-3-7/h1-3H2,7H3,(H,5,6). The fourth-order valence-corrected chi connectivity index (χ4v) is 0.826. The lowest BCUT2D eigenvalue weighted by Crippen LogP contribution is -1.88. The van der Waals surface area contributed by atoms with Crippen LogP contribution in [0, 0.1) is 0 Å². The average Bonchev–Trinajstić information content (AvgIpc) is 1.61. The third kappa shape index (κ3) is 6.11. The second-order valence-corrected chi connectivity index (χ2v) is 2.97. The van der Waals surface area contributed by atoms with Gasteiger partial charge < -0.3 is 5.11 Å². The molecule has 7 heavy (non-hydrogen) atoms. The maximum atomic E-state index is 8.43. The highest BCUT2D eigenvalue weighted by atomic mass is 32.1. The summed E-state index contributed by atoms with van der Waals surface area (Å²) in [5.74, 6) is 0. The zero-order valence-electron chi connectivity index (χ0n) is 4.48. The molecule has 0 rings (SSSR count). The molecule has 0 aromatic rings. The van der Waals surface area contributed by atoms with Gasteiger partial charge in [-0.1, -0.05) is 6.04 Å². The Kier molecular flexibility index (Phi) is 4.34. The van der Waals surface area contributed by atoms with E-state index in [0.29, 0.717) is 0 Å². The Bertz CT molecular complexity index is 64.7. The van der Waals surface area contributed by atoms with E-state index in [9.17, 15) is 0 Å². The van der Waals surface area contributed by atoms with Crippen LogP contribution in [0.4, 0.5) is 0 Å². The van der Waals surface area contributed by atoms with Crippen molar-refractivity contribution >= 4 is 27.5 Å². The number of rotatable bonds is 3. The van der Waals surface area contributed by atoms with Crippen LogP contribution in [-0.2, 0) is 0 Å². The monoisotopic (exact) mass is 134 g/mol. The normalized spacial score (nSPS) is 9.14. The van der Waals surface area contributed by atoms with Gasteiger partial charge in [0.15, 0.2) is 5.05 Å². The van der Waals surface area contributed by atoms with Gasteiger partial charge in [-0.15, -0.1) is 0 Å². The van der Waals surface area contributed by atoms with Crippen molar-refractivity contribution in [2.45, 2.75) is 18.9 Å². The van der Waals surface area contributed by atoms with Gasteiger partial charge in [-0.3, -0.25) is 0 Å². The zero-order valence-corrected chi connectivity index (χ0v) is 7.29. The van der Waals surface area contributed by atoms with Crippen LogP contribution in [0.2, 0.25) is 6.04 Å². The Balaban J connectivity index is 2.82. The Labute approximate surface area is 52.2 Å². The predicted molar refractivity (Wildman–Crippen MR) is 39.2 cm³/mol. The molecule has 0 aliphatic heterocycles. The molecule has 0 aromatic carbocycles. The molecule has 0 aliphatic carbocycles. The Hall–Kier alpha value is 0.107. The summed E-state index contributed by atoms with van der Waals surface area (Å²) >= 11 is 4.43. The second kappa shape index (κ2) is 4.27. The van der Waals surface area contributed by atoms with Crippen molar-refractivity contribution in [3.05, 3.63) is 0 Å². The molecule has 0 aromatic heterocycles. The lowest BCUT2D eigenvalue weighted by atomic mass is 10.4. The number of aliphatic hydroxyl groups is 1. The van der Waals surface area contributed by atoms with E-state index >= 15 is 0 Å². The molecule has 0 saturated heterocycles. The fourth-order valence-electron chi connectivity index (χ4n) is 0.328. The molecule has 0 amide bonds. The van der Waals surface area contributed by atoms with E-state index < -0.39 is 0 Å². The molecule has 1 N–H and O–H groups in total. The van der Waals surface area contributed by atoms with Crippen molar-refractivity contribution in [3.63, 3.8) is 0 Å². The molecule has 0 radical (unpaired) electrons. The summed E-state index contributed by atoms with van der Waals surface area (Å²) in [6.45, 7) is 0. The highest BCUT2D eigenvalue weighted by Gasteiger charge is 1.86. The van der Waals surface area contributed by atoms with Gasteiger partial charge in [-0.2, -0.15) is 0 Å². The van der Waals surface area contributed by atoms with Crippen molar-refractivity contribution in [3.8, 4) is 0 Å². The van der Waals surface area contributed by atoms with Gasteiger partial charge >= 0.3 is 0 Å². The summed E-state index contributed by atoms with van der Waals surface area (Å²) < 4.78 is 0. The van der Waals surface area contributed by atoms with Crippen LogP contribution in [-0.4, -0.2) is 20.4 Å². The first-order valence-corrected chi connectivity index (χ1v) is 4.31. The van der Waals surface area contributed by atoms with E-state index in [0.717, 1.165) is 12.8 Å². The van der Waals surface area contributed by atoms with Crippen LogP contribution in [0.5, 0.6) is 0 Å². The van der Waals surface area contributed by atoms with E-state index in [4.69, 9.17) is 5.11 Å². The van der Waals surface area contributed by atoms with Crippen molar-refractivity contribution in [2.24, 2.45) is 0 Å². The van der Waals surface area contributed by atoms with Crippen molar-refractivity contribution in [1.82, 2.24) is 0 Å². The summed E-state index contributed by atoms with van der Waals surface area (Å²) in [6.07, 6.45) is 1.79. The summed E-state index contributed by atoms with van der Waals surface area (Å²) in [5, 5.41) is 8.59. The maximum Gasteiger partial charge on any atom is 0.156 e. The smallest absolute Gasteiger partial charge is 0.156 e. The molecule has 0 spiro atoms. The number of aliphatic hydroxyl groups excluding tert-OH is 1. The number of hydrogen-bond acceptors (Lipinski definition) is 1. The number of thiocarbonyl (C=S) groups is 1. The maximum absolute atomic E-state index is 8.43. The summed E-state index contributed by atoms with van der Waals surface area (Å²) in [4.78, 5) is 0. The first-order chi connectivity index (χ1) is 3.27. The summed E-state index contributed by atoms with van der Waals surface area (Å²) in [7, 11) is 1.22. The van der Waals surface area contributed by atoms with E-state index in [1.165, 1.54) is 16.3 Å². The van der Waals surface area contributed by atoms with E-state index in [1.54, 1.807) is 0 Å². The molecule has 0 bridgehead atoms. The molecule has 0 fully saturated rings. The Morgan fingerprint density at radius 2 is 2.29 bits per heavy atom. The minimum Gasteiger partial charge on any atom is -0.502 e. The Morgan fingerprint density at radius 1 is 1.71 bits per heavy atom. The molecule has 0 saturated carbocycles. The van der Waals surface area contributed by atoms with Gasteiger partial charge in [0.05, 0.1) is 0 Å². The molecule has 0 atom stereocenters. The van der Waals surface area contributed by atoms with Crippen molar-refractivity contribution in [1.29, 1.82) is 0 Å². The first kappa shape index (κ1) is 7.11. The van der Waals surface area contributed by atoms with Crippen LogP contribution in [0.3, 0.4) is 0 Å². The zero-order chi connectivity index (χ0) is 5.70. The highest BCUT2D eigenvalue weighted by Crippen LogP contribution is 1.92. The van der Waals surface area contributed by atoms with Crippen molar-refractivity contribution in [2.75, 3.05) is 0 Å². The highest BCUT2D eigenvalue weighted by molar-refractivity contribution is 7.80. The lowest BCUT2D eigenvalue weighted by Gasteiger charge is -1.88. The summed E-state index contributed by atoms with van der Waals surface area (Å²) in [6, 6.07) is 1.24. The minimum atomic E-state index is 0.163. The van der Waals surface area contributed by atoms with Gasteiger partial charge in [0, 0.05) is 16.7 Å². The van der Waals surface area contributed by atoms with Gasteiger partial charge in [0.25, 0.3) is 0 Å². The molecule has 3 heteroatoms. The van der Waals surface area contributed by atoms with Gasteiger partial charge in [-0.25, -0.2) is 0 Å². The Morgan fingerprint density at radius 3 is 2.43 bits per heavy atom. The molecule has 42 valence electrons. The predicted octanol–water partition coefficient (Wildman–Crippen LogP) is 0.436. The SMILES string of the molecule is OC(=S)CCC[SiH3]. The fraction of sp³-hybridized carbons (Fsp3) is 0.750. The van der Waals surface area contributed by atoms with E-state index in [1.807, 2.05) is 0 Å². The van der Waals surface area contributed by atoms with Gasteiger partial charge in [-0.05, 0) is 18.6 Å². The van der Waals surface area contributed by atoms with E-state index in [-0.39, 0.29) is 5.05 Å². The second-order valence-electron chi connectivity index (χ2n) is 1.50.